The third kappa shape index (κ3) is 3.88. The number of anilines is 1. The summed E-state index contributed by atoms with van der Waals surface area (Å²) in [5, 5.41) is 3.04. The Morgan fingerprint density at radius 1 is 1.21 bits per heavy atom. The summed E-state index contributed by atoms with van der Waals surface area (Å²) in [7, 11) is -2.15. The molecule has 2 aliphatic rings. The van der Waals surface area contributed by atoms with Gasteiger partial charge in [0.05, 0.1) is 30.5 Å². The van der Waals surface area contributed by atoms with Crippen LogP contribution in [0.4, 0.5) is 5.69 Å². The Kier molecular flexibility index (Phi) is 5.10. The predicted molar refractivity (Wildman–Crippen MR) is 108 cm³/mol. The second kappa shape index (κ2) is 7.57. The van der Waals surface area contributed by atoms with Gasteiger partial charge in [0, 0.05) is 31.2 Å². The molecule has 1 N–H and O–H groups in total. The number of benzene rings is 2. The third-order valence-corrected chi connectivity index (χ3v) is 6.10. The highest BCUT2D eigenvalue weighted by molar-refractivity contribution is 7.90. The number of carbonyl (C=O) groups excluding carboxylic acids is 1. The molecule has 4 rings (SSSR count). The van der Waals surface area contributed by atoms with Gasteiger partial charge in [-0.25, -0.2) is 0 Å². The molecule has 0 radical (unpaired) electrons. The predicted octanol–water partition coefficient (Wildman–Crippen LogP) is 2.52. The van der Waals surface area contributed by atoms with E-state index in [0.29, 0.717) is 41.0 Å². The average molecular weight is 436 g/mol. The van der Waals surface area contributed by atoms with E-state index in [1.165, 1.54) is 11.0 Å². The van der Waals surface area contributed by atoms with Crippen LogP contribution >= 0.6 is 11.6 Å². The number of nitrogens with zero attached hydrogens (tertiary/aromatic N) is 2. The minimum atomic E-state index is -3.75. The Balaban J connectivity index is 1.50. The molecule has 29 heavy (non-hydrogen) atoms. The van der Waals surface area contributed by atoms with Crippen LogP contribution < -0.4 is 14.8 Å². The number of carbonyl (C=O) groups is 1. The van der Waals surface area contributed by atoms with Crippen molar-refractivity contribution >= 4 is 39.1 Å². The summed E-state index contributed by atoms with van der Waals surface area (Å²) in [6.45, 7) is 0.929. The second-order valence-electron chi connectivity index (χ2n) is 6.62. The van der Waals surface area contributed by atoms with Crippen LogP contribution in [0.5, 0.6) is 11.5 Å². The number of likely N-dealkylation sites (N-methyl/N-ethyl adjacent to an activating group) is 1. The number of fused-ring (bicyclic) bond motifs is 2. The van der Waals surface area contributed by atoms with Crippen LogP contribution in [0.15, 0.2) is 45.7 Å². The van der Waals surface area contributed by atoms with Crippen LogP contribution in [0.2, 0.25) is 5.02 Å². The molecular weight excluding hydrogens is 418 g/mol. The monoisotopic (exact) mass is 435 g/mol. The summed E-state index contributed by atoms with van der Waals surface area (Å²) in [5.74, 6) is 0.884. The fourth-order valence-corrected chi connectivity index (χ4v) is 4.58. The Hall–Kier alpha value is -2.78. The zero-order chi connectivity index (χ0) is 20.6. The standard InChI is InChI=1S/C19H18ClN3O5S/c1-23(19-12-5-2-3-6-17(12)29(25,26)22-19)11-18(24)21-14-10-16-15(9-13(14)20)27-7-4-8-28-16/h2-3,5-6,9-10H,4,7-8,11H2,1H3,(H,21,24). The normalized spacial score (nSPS) is 16.4. The zero-order valence-corrected chi connectivity index (χ0v) is 17.1. The fraction of sp³-hybridized carbons (Fsp3) is 0.263. The van der Waals surface area contributed by atoms with Gasteiger partial charge in [0.2, 0.25) is 5.91 Å². The molecule has 1 amide bonds. The van der Waals surface area contributed by atoms with Gasteiger partial charge in [0.25, 0.3) is 10.0 Å². The van der Waals surface area contributed by atoms with E-state index < -0.39 is 10.0 Å². The van der Waals surface area contributed by atoms with Crippen molar-refractivity contribution in [2.45, 2.75) is 11.3 Å². The third-order valence-electron chi connectivity index (χ3n) is 4.47. The SMILES string of the molecule is CN(CC(=O)Nc1cc2c(cc1Cl)OCCCO2)C1=NS(=O)(=O)c2ccccc21. The summed E-state index contributed by atoms with van der Waals surface area (Å²) in [4.78, 5) is 14.2. The maximum Gasteiger partial charge on any atom is 0.285 e. The molecule has 0 aromatic heterocycles. The van der Waals surface area contributed by atoms with Gasteiger partial charge in [-0.15, -0.1) is 4.40 Å². The molecule has 0 unspecified atom stereocenters. The molecule has 2 aromatic carbocycles. The lowest BCUT2D eigenvalue weighted by Gasteiger charge is -2.19. The molecule has 2 aromatic rings. The summed E-state index contributed by atoms with van der Waals surface area (Å²) >= 11 is 6.26. The zero-order valence-electron chi connectivity index (χ0n) is 15.5. The van der Waals surface area contributed by atoms with Crippen LogP contribution in [0.25, 0.3) is 0 Å². The number of halogens is 1. The first-order valence-corrected chi connectivity index (χ1v) is 10.7. The van der Waals surface area contributed by atoms with Crippen LogP contribution in [-0.2, 0) is 14.8 Å². The first kappa shape index (κ1) is 19.5. The van der Waals surface area contributed by atoms with E-state index in [2.05, 4.69) is 9.71 Å². The van der Waals surface area contributed by atoms with Gasteiger partial charge >= 0.3 is 0 Å². The molecular formula is C19H18ClN3O5S. The van der Waals surface area contributed by atoms with Crippen molar-refractivity contribution in [3.63, 3.8) is 0 Å². The average Bonchev–Trinajstić information content (AvgIpc) is 2.80. The summed E-state index contributed by atoms with van der Waals surface area (Å²) < 4.78 is 39.4. The minimum absolute atomic E-state index is 0.118. The molecule has 0 atom stereocenters. The Bertz CT molecular complexity index is 1120. The van der Waals surface area contributed by atoms with E-state index in [0.717, 1.165) is 6.42 Å². The molecule has 0 saturated heterocycles. The summed E-state index contributed by atoms with van der Waals surface area (Å²) in [6.07, 6.45) is 0.755. The van der Waals surface area contributed by atoms with E-state index in [-0.39, 0.29) is 23.2 Å². The largest absolute Gasteiger partial charge is 0.490 e. The van der Waals surface area contributed by atoms with Gasteiger partial charge in [-0.1, -0.05) is 23.7 Å². The van der Waals surface area contributed by atoms with Crippen molar-refractivity contribution in [2.24, 2.45) is 4.40 Å². The lowest BCUT2D eigenvalue weighted by atomic mass is 10.2. The van der Waals surface area contributed by atoms with Crippen molar-refractivity contribution in [3.8, 4) is 11.5 Å². The van der Waals surface area contributed by atoms with Gasteiger partial charge in [-0.2, -0.15) is 8.42 Å². The van der Waals surface area contributed by atoms with E-state index in [9.17, 15) is 13.2 Å². The number of rotatable bonds is 3. The molecule has 0 spiro atoms. The maximum atomic E-state index is 12.6. The van der Waals surface area contributed by atoms with E-state index in [4.69, 9.17) is 21.1 Å². The topological polar surface area (TPSA) is 97.3 Å². The van der Waals surface area contributed by atoms with Gasteiger partial charge in [-0.05, 0) is 12.1 Å². The lowest BCUT2D eigenvalue weighted by molar-refractivity contribution is -0.116. The summed E-state index contributed by atoms with van der Waals surface area (Å²) in [5.41, 5.74) is 0.854. The van der Waals surface area contributed by atoms with Gasteiger partial charge in [0.15, 0.2) is 17.3 Å². The van der Waals surface area contributed by atoms with Crippen LogP contribution in [0.3, 0.4) is 0 Å². The molecule has 8 nitrogen and oxygen atoms in total. The fourth-order valence-electron chi connectivity index (χ4n) is 3.12. The molecule has 2 heterocycles. The number of nitrogens with one attached hydrogen (secondary N) is 1. The number of amides is 1. The van der Waals surface area contributed by atoms with Gasteiger partial charge < -0.3 is 19.7 Å². The van der Waals surface area contributed by atoms with Crippen molar-refractivity contribution in [3.05, 3.63) is 47.0 Å². The highest BCUT2D eigenvalue weighted by Gasteiger charge is 2.31. The van der Waals surface area contributed by atoms with Crippen molar-refractivity contribution in [1.82, 2.24) is 4.90 Å². The minimum Gasteiger partial charge on any atom is -0.490 e. The second-order valence-corrected chi connectivity index (χ2v) is 8.60. The molecule has 152 valence electrons. The van der Waals surface area contributed by atoms with Gasteiger partial charge in [-0.3, -0.25) is 4.79 Å². The number of hydrogen-bond donors (Lipinski definition) is 1. The highest BCUT2D eigenvalue weighted by atomic mass is 35.5. The lowest BCUT2D eigenvalue weighted by Crippen LogP contribution is -2.34. The maximum absolute atomic E-state index is 12.6. The van der Waals surface area contributed by atoms with Crippen molar-refractivity contribution in [1.29, 1.82) is 0 Å². The number of amidine groups is 1. The van der Waals surface area contributed by atoms with E-state index >= 15 is 0 Å². The van der Waals surface area contributed by atoms with Crippen LogP contribution in [-0.4, -0.2) is 51.9 Å². The highest BCUT2D eigenvalue weighted by Crippen LogP contribution is 2.37. The quantitative estimate of drug-likeness (QED) is 0.795. The molecule has 0 saturated carbocycles. The number of hydrogen-bond acceptors (Lipinski definition) is 6. The van der Waals surface area contributed by atoms with E-state index in [1.54, 1.807) is 37.4 Å². The van der Waals surface area contributed by atoms with E-state index in [1.807, 2.05) is 0 Å². The first-order valence-electron chi connectivity index (χ1n) is 8.89. The molecule has 0 aliphatic carbocycles. The van der Waals surface area contributed by atoms with Crippen LogP contribution in [0, 0.1) is 0 Å². The number of ether oxygens (including phenoxy) is 2. The van der Waals surface area contributed by atoms with Crippen molar-refractivity contribution < 1.29 is 22.7 Å². The smallest absolute Gasteiger partial charge is 0.285 e. The van der Waals surface area contributed by atoms with Crippen molar-refractivity contribution in [2.75, 3.05) is 32.1 Å². The molecule has 0 bridgehead atoms. The van der Waals surface area contributed by atoms with Crippen LogP contribution in [0.1, 0.15) is 12.0 Å². The van der Waals surface area contributed by atoms with Gasteiger partial charge in [0.1, 0.15) is 4.90 Å². The number of sulfonamides is 1. The Morgan fingerprint density at radius 2 is 1.90 bits per heavy atom. The molecule has 10 heteroatoms. The first-order chi connectivity index (χ1) is 13.8. The Labute approximate surface area is 173 Å². The Morgan fingerprint density at radius 3 is 2.66 bits per heavy atom. The summed E-state index contributed by atoms with van der Waals surface area (Å²) in [6, 6.07) is 9.73. The molecule has 2 aliphatic heterocycles. The molecule has 0 fully saturated rings.